The molecule has 0 aliphatic carbocycles. The molecule has 2 rings (SSSR count). The van der Waals surface area contributed by atoms with Crippen molar-refractivity contribution < 1.29 is 9.18 Å². The molecular formula is C12H5Cl3FNO. The van der Waals surface area contributed by atoms with Crippen LogP contribution in [0.25, 0.3) is 11.3 Å². The van der Waals surface area contributed by atoms with E-state index in [0.717, 1.165) is 6.20 Å². The van der Waals surface area contributed by atoms with Crippen LogP contribution in [0.4, 0.5) is 4.39 Å². The first-order valence-electron chi connectivity index (χ1n) is 4.78. The Morgan fingerprint density at radius 1 is 1.11 bits per heavy atom. The molecule has 18 heavy (non-hydrogen) atoms. The third-order valence-electron chi connectivity index (χ3n) is 2.27. The lowest BCUT2D eigenvalue weighted by atomic mass is 10.1. The maximum atomic E-state index is 13.2. The van der Waals surface area contributed by atoms with E-state index < -0.39 is 5.82 Å². The summed E-state index contributed by atoms with van der Waals surface area (Å²) in [6, 6.07) is 4.27. The van der Waals surface area contributed by atoms with Crippen molar-refractivity contribution >= 4 is 41.1 Å². The van der Waals surface area contributed by atoms with Crippen molar-refractivity contribution in [3.63, 3.8) is 0 Å². The number of carbonyl (C=O) groups excluding carboxylic acids is 1. The quantitative estimate of drug-likeness (QED) is 0.755. The van der Waals surface area contributed by atoms with E-state index in [0.29, 0.717) is 22.6 Å². The normalized spacial score (nSPS) is 10.4. The third kappa shape index (κ3) is 2.48. The Labute approximate surface area is 117 Å². The van der Waals surface area contributed by atoms with Crippen LogP contribution >= 0.6 is 34.8 Å². The van der Waals surface area contributed by atoms with Crippen LogP contribution in [0.2, 0.25) is 15.1 Å². The van der Waals surface area contributed by atoms with Crippen LogP contribution in [0.5, 0.6) is 0 Å². The molecule has 0 N–H and O–H groups in total. The monoisotopic (exact) mass is 303 g/mol. The van der Waals surface area contributed by atoms with Gasteiger partial charge in [-0.15, -0.1) is 0 Å². The molecule has 0 saturated heterocycles. The summed E-state index contributed by atoms with van der Waals surface area (Å²) >= 11 is 17.8. The van der Waals surface area contributed by atoms with Gasteiger partial charge in [0.1, 0.15) is 0 Å². The largest absolute Gasteiger partial charge is 0.298 e. The van der Waals surface area contributed by atoms with E-state index >= 15 is 0 Å². The zero-order valence-corrected chi connectivity index (χ0v) is 11.0. The van der Waals surface area contributed by atoms with Crippen LogP contribution in [-0.4, -0.2) is 11.3 Å². The summed E-state index contributed by atoms with van der Waals surface area (Å²) < 4.78 is 13.2. The highest BCUT2D eigenvalue weighted by atomic mass is 35.5. The van der Waals surface area contributed by atoms with Gasteiger partial charge < -0.3 is 0 Å². The van der Waals surface area contributed by atoms with E-state index in [2.05, 4.69) is 4.98 Å². The molecule has 1 aromatic heterocycles. The van der Waals surface area contributed by atoms with Crippen LogP contribution < -0.4 is 0 Å². The van der Waals surface area contributed by atoms with E-state index in [-0.39, 0.29) is 15.6 Å². The summed E-state index contributed by atoms with van der Waals surface area (Å²) in [7, 11) is 0. The first-order chi connectivity index (χ1) is 8.52. The van der Waals surface area contributed by atoms with Crippen LogP contribution in [0.15, 0.2) is 24.4 Å². The molecule has 0 aliphatic rings. The van der Waals surface area contributed by atoms with Crippen LogP contribution in [0, 0.1) is 5.82 Å². The molecule has 0 radical (unpaired) electrons. The Morgan fingerprint density at radius 2 is 1.72 bits per heavy atom. The van der Waals surface area contributed by atoms with Gasteiger partial charge in [0, 0.05) is 10.6 Å². The fourth-order valence-corrected chi connectivity index (χ4v) is 2.48. The number of benzene rings is 1. The number of hydrogen-bond donors (Lipinski definition) is 0. The van der Waals surface area contributed by atoms with E-state index in [1.165, 1.54) is 18.2 Å². The number of hydrogen-bond acceptors (Lipinski definition) is 2. The lowest BCUT2D eigenvalue weighted by molar-refractivity contribution is 0.111. The standard InChI is InChI=1S/C12H5Cl3FNO/c13-7-2-8(14)12(9(15)3-7)11-1-6(5-18)10(16)4-17-11/h1-5H. The Morgan fingerprint density at radius 3 is 2.28 bits per heavy atom. The van der Waals surface area contributed by atoms with Gasteiger partial charge in [-0.05, 0) is 18.2 Å². The summed E-state index contributed by atoms with van der Waals surface area (Å²) in [6.45, 7) is 0. The van der Waals surface area contributed by atoms with Crippen molar-refractivity contribution in [3.8, 4) is 11.3 Å². The van der Waals surface area contributed by atoms with Gasteiger partial charge in [0.2, 0.25) is 0 Å². The summed E-state index contributed by atoms with van der Waals surface area (Å²) in [5, 5.41) is 0.943. The molecule has 2 nitrogen and oxygen atoms in total. The Kier molecular flexibility index (Phi) is 3.85. The minimum absolute atomic E-state index is 0.109. The topological polar surface area (TPSA) is 30.0 Å². The van der Waals surface area contributed by atoms with Gasteiger partial charge in [-0.1, -0.05) is 34.8 Å². The molecule has 1 heterocycles. The first-order valence-corrected chi connectivity index (χ1v) is 5.92. The van der Waals surface area contributed by atoms with Gasteiger partial charge >= 0.3 is 0 Å². The second kappa shape index (κ2) is 5.22. The second-order valence-electron chi connectivity index (χ2n) is 3.45. The third-order valence-corrected chi connectivity index (χ3v) is 3.09. The summed E-state index contributed by atoms with van der Waals surface area (Å²) in [4.78, 5) is 14.5. The molecule has 1 aromatic carbocycles. The van der Waals surface area contributed by atoms with Crippen molar-refractivity contribution in [2.45, 2.75) is 0 Å². The maximum Gasteiger partial charge on any atom is 0.153 e. The zero-order valence-electron chi connectivity index (χ0n) is 8.75. The fraction of sp³-hybridized carbons (Fsp3) is 0. The lowest BCUT2D eigenvalue weighted by Crippen LogP contribution is -1.93. The SMILES string of the molecule is O=Cc1cc(-c2c(Cl)cc(Cl)cc2Cl)ncc1F. The van der Waals surface area contributed by atoms with Crippen molar-refractivity contribution in [1.29, 1.82) is 0 Å². The molecule has 0 atom stereocenters. The number of pyridine rings is 1. The van der Waals surface area contributed by atoms with E-state index in [1.54, 1.807) is 0 Å². The molecule has 0 amide bonds. The number of nitrogens with zero attached hydrogens (tertiary/aromatic N) is 1. The Hall–Kier alpha value is -1.16. The second-order valence-corrected chi connectivity index (χ2v) is 4.70. The highest BCUT2D eigenvalue weighted by Crippen LogP contribution is 2.36. The zero-order chi connectivity index (χ0) is 13.3. The molecule has 0 bridgehead atoms. The number of aldehydes is 1. The van der Waals surface area contributed by atoms with E-state index in [9.17, 15) is 9.18 Å². The van der Waals surface area contributed by atoms with Crippen LogP contribution in [-0.2, 0) is 0 Å². The number of carbonyl (C=O) groups is 1. The minimum atomic E-state index is -0.699. The average Bonchev–Trinajstić information content (AvgIpc) is 2.30. The lowest BCUT2D eigenvalue weighted by Gasteiger charge is -2.07. The molecule has 0 unspecified atom stereocenters. The smallest absolute Gasteiger partial charge is 0.153 e. The van der Waals surface area contributed by atoms with E-state index in [1.807, 2.05) is 0 Å². The predicted molar refractivity (Wildman–Crippen MR) is 70.0 cm³/mol. The molecule has 92 valence electrons. The summed E-state index contributed by atoms with van der Waals surface area (Å²) in [5.41, 5.74) is 0.609. The number of rotatable bonds is 2. The first kappa shape index (κ1) is 13.3. The molecule has 0 spiro atoms. The summed E-state index contributed by atoms with van der Waals surface area (Å²) in [6.07, 6.45) is 1.35. The van der Waals surface area contributed by atoms with E-state index in [4.69, 9.17) is 34.8 Å². The maximum absolute atomic E-state index is 13.2. The molecule has 0 saturated carbocycles. The van der Waals surface area contributed by atoms with Crippen molar-refractivity contribution in [1.82, 2.24) is 4.98 Å². The highest BCUT2D eigenvalue weighted by molar-refractivity contribution is 6.41. The summed E-state index contributed by atoms with van der Waals surface area (Å²) in [5.74, 6) is -0.699. The van der Waals surface area contributed by atoms with Crippen LogP contribution in [0.1, 0.15) is 10.4 Å². The minimum Gasteiger partial charge on any atom is -0.298 e. The highest BCUT2D eigenvalue weighted by Gasteiger charge is 2.13. The number of aromatic nitrogens is 1. The molecule has 2 aromatic rings. The predicted octanol–water partition coefficient (Wildman–Crippen LogP) is 4.66. The van der Waals surface area contributed by atoms with Crippen molar-refractivity contribution in [2.24, 2.45) is 0 Å². The van der Waals surface area contributed by atoms with Crippen LogP contribution in [0.3, 0.4) is 0 Å². The van der Waals surface area contributed by atoms with Gasteiger partial charge in [-0.3, -0.25) is 9.78 Å². The van der Waals surface area contributed by atoms with Gasteiger partial charge in [-0.2, -0.15) is 0 Å². The van der Waals surface area contributed by atoms with Crippen molar-refractivity contribution in [3.05, 3.63) is 50.8 Å². The Balaban J connectivity index is 2.66. The van der Waals surface area contributed by atoms with Gasteiger partial charge in [0.25, 0.3) is 0 Å². The van der Waals surface area contributed by atoms with Gasteiger partial charge in [0.15, 0.2) is 12.1 Å². The Bertz CT molecular complexity index is 608. The van der Waals surface area contributed by atoms with Gasteiger partial charge in [0.05, 0.1) is 27.5 Å². The molecule has 0 fully saturated rings. The number of halogens is 4. The average molecular weight is 305 g/mol. The molecule has 6 heteroatoms. The van der Waals surface area contributed by atoms with Gasteiger partial charge in [-0.25, -0.2) is 4.39 Å². The van der Waals surface area contributed by atoms with Crippen molar-refractivity contribution in [2.75, 3.05) is 0 Å². The fourth-order valence-electron chi connectivity index (χ4n) is 1.47. The molecule has 0 aliphatic heterocycles. The molecular weight excluding hydrogens is 299 g/mol.